The lowest BCUT2D eigenvalue weighted by Gasteiger charge is -2.23. The molecule has 2 aromatic heterocycles. The molecule has 4 rings (SSSR count). The van der Waals surface area contributed by atoms with E-state index < -0.39 is 30.9 Å². The van der Waals surface area contributed by atoms with Gasteiger partial charge in [0.05, 0.1) is 16.4 Å². The Morgan fingerprint density at radius 2 is 1.71 bits per heavy atom. The normalized spacial score (nSPS) is 17.5. The van der Waals surface area contributed by atoms with Gasteiger partial charge in [-0.15, -0.1) is 0 Å². The molecule has 12 heteroatoms. The minimum atomic E-state index is -3.18. The van der Waals surface area contributed by atoms with E-state index in [1.165, 1.54) is 6.26 Å². The lowest BCUT2D eigenvalue weighted by molar-refractivity contribution is 0.479. The second kappa shape index (κ2) is 10.5. The number of benzene rings is 1. The van der Waals surface area contributed by atoms with Gasteiger partial charge in [0, 0.05) is 46.3 Å². The number of aromatic nitrogens is 2. The highest BCUT2D eigenvalue weighted by molar-refractivity contribution is 7.91. The standard InChI is InChI=1S/C18H20N2O2S.C5H11NO4S2/c1-18(2,3)16-11-15-14(9-10-19-17(15)20-16)12-5-7-13(8-6-12)23(4,21)22;7-11(8)6-5-1-3-12(9,10)4-2-5/h5-11H,1-4H3,(H,19,20);5-6H,1-4H2,(H,7,8)/p-1. The Bertz CT molecular complexity index is 1410. The van der Waals surface area contributed by atoms with Crippen LogP contribution in [0, 0.1) is 0 Å². The average Bonchev–Trinajstić information content (AvgIpc) is 3.20. The van der Waals surface area contributed by atoms with Gasteiger partial charge in [-0.05, 0) is 48.2 Å². The van der Waals surface area contributed by atoms with Crippen LogP contribution in [-0.4, -0.2) is 59.4 Å². The average molecular weight is 541 g/mol. The molecule has 3 heterocycles. The fraction of sp³-hybridized carbons (Fsp3) is 0.435. The van der Waals surface area contributed by atoms with E-state index in [0.29, 0.717) is 17.7 Å². The molecule has 1 aliphatic rings. The first-order chi connectivity index (χ1) is 16.2. The van der Waals surface area contributed by atoms with E-state index in [1.54, 1.807) is 18.3 Å². The van der Waals surface area contributed by atoms with Crippen molar-refractivity contribution in [2.75, 3.05) is 17.8 Å². The Balaban J connectivity index is 0.000000241. The minimum Gasteiger partial charge on any atom is -0.760 e. The highest BCUT2D eigenvalue weighted by Crippen LogP contribution is 2.32. The first kappa shape index (κ1) is 27.5. The van der Waals surface area contributed by atoms with Gasteiger partial charge in [-0.2, -0.15) is 0 Å². The van der Waals surface area contributed by atoms with E-state index in [0.717, 1.165) is 27.9 Å². The topological polar surface area (TPSA) is 149 Å². The Hall–Kier alpha value is -2.12. The number of fused-ring (bicyclic) bond motifs is 1. The number of aromatic amines is 1. The van der Waals surface area contributed by atoms with Gasteiger partial charge in [0.15, 0.2) is 9.84 Å². The maximum Gasteiger partial charge on any atom is 0.175 e. The molecular formula is C23H30N3O6S3-. The molecule has 1 aliphatic heterocycles. The van der Waals surface area contributed by atoms with Gasteiger partial charge in [0.1, 0.15) is 15.5 Å². The van der Waals surface area contributed by atoms with Crippen LogP contribution in [-0.2, 0) is 36.4 Å². The van der Waals surface area contributed by atoms with Crippen molar-refractivity contribution in [2.45, 2.75) is 50.0 Å². The smallest absolute Gasteiger partial charge is 0.175 e. The molecule has 0 aliphatic carbocycles. The third kappa shape index (κ3) is 7.43. The van der Waals surface area contributed by atoms with E-state index in [4.69, 9.17) is 0 Å². The monoisotopic (exact) mass is 540 g/mol. The van der Waals surface area contributed by atoms with Crippen LogP contribution in [0.5, 0.6) is 0 Å². The fourth-order valence-electron chi connectivity index (χ4n) is 3.71. The van der Waals surface area contributed by atoms with E-state index >= 15 is 0 Å². The summed E-state index contributed by atoms with van der Waals surface area (Å²) in [6.45, 7) is 6.45. The highest BCUT2D eigenvalue weighted by Gasteiger charge is 2.23. The summed E-state index contributed by atoms with van der Waals surface area (Å²) in [7, 11) is -6.07. The molecule has 1 atom stereocenters. The van der Waals surface area contributed by atoms with Crippen LogP contribution >= 0.6 is 0 Å². The van der Waals surface area contributed by atoms with Crippen LogP contribution in [0.1, 0.15) is 39.3 Å². The number of nitrogens with one attached hydrogen (secondary N) is 2. The van der Waals surface area contributed by atoms with Crippen molar-refractivity contribution in [3.05, 3.63) is 48.3 Å². The molecule has 192 valence electrons. The first-order valence-corrected chi connectivity index (χ1v) is 15.8. The summed E-state index contributed by atoms with van der Waals surface area (Å²) in [5.41, 5.74) is 4.00. The Morgan fingerprint density at radius 3 is 2.23 bits per heavy atom. The van der Waals surface area contributed by atoms with Crippen LogP contribution < -0.4 is 4.72 Å². The summed E-state index contributed by atoms with van der Waals surface area (Å²) in [6, 6.07) is 10.9. The van der Waals surface area contributed by atoms with Crippen LogP contribution in [0.25, 0.3) is 22.2 Å². The summed E-state index contributed by atoms with van der Waals surface area (Å²) in [5.74, 6) is 0.170. The predicted molar refractivity (Wildman–Crippen MR) is 137 cm³/mol. The van der Waals surface area contributed by atoms with Gasteiger partial charge in [-0.3, -0.25) is 4.21 Å². The summed E-state index contributed by atoms with van der Waals surface area (Å²) >= 11 is -2.28. The van der Waals surface area contributed by atoms with Crippen LogP contribution in [0.4, 0.5) is 0 Å². The third-order valence-electron chi connectivity index (χ3n) is 5.75. The summed E-state index contributed by atoms with van der Waals surface area (Å²) in [4.78, 5) is 8.11. The van der Waals surface area contributed by atoms with Gasteiger partial charge >= 0.3 is 0 Å². The molecule has 0 bridgehead atoms. The molecule has 0 amide bonds. The number of rotatable bonds is 4. The summed E-state index contributed by atoms with van der Waals surface area (Å²) in [6.07, 6.45) is 3.76. The van der Waals surface area contributed by atoms with Gasteiger partial charge in [0.2, 0.25) is 0 Å². The molecule has 1 unspecified atom stereocenters. The van der Waals surface area contributed by atoms with Crippen molar-refractivity contribution in [1.82, 2.24) is 14.7 Å². The fourth-order valence-corrected chi connectivity index (χ4v) is 6.34. The second-order valence-electron chi connectivity index (χ2n) is 9.63. The van der Waals surface area contributed by atoms with Crippen molar-refractivity contribution < 1.29 is 25.6 Å². The molecule has 2 N–H and O–H groups in total. The molecule has 0 saturated carbocycles. The lowest BCUT2D eigenvalue weighted by Crippen LogP contribution is -2.38. The minimum absolute atomic E-state index is 0.0120. The molecule has 1 fully saturated rings. The first-order valence-electron chi connectivity index (χ1n) is 11.0. The molecule has 9 nitrogen and oxygen atoms in total. The quantitative estimate of drug-likeness (QED) is 0.483. The van der Waals surface area contributed by atoms with Crippen LogP contribution in [0.2, 0.25) is 0 Å². The summed E-state index contributed by atoms with van der Waals surface area (Å²) < 4.78 is 67.6. The second-order valence-corrected chi connectivity index (χ2v) is 14.7. The van der Waals surface area contributed by atoms with E-state index in [1.807, 2.05) is 18.2 Å². The predicted octanol–water partition coefficient (Wildman–Crippen LogP) is 2.88. The molecule has 1 saturated heterocycles. The van der Waals surface area contributed by atoms with E-state index in [-0.39, 0.29) is 23.0 Å². The maximum atomic E-state index is 11.6. The van der Waals surface area contributed by atoms with Crippen LogP contribution in [0.3, 0.4) is 0 Å². The van der Waals surface area contributed by atoms with Gasteiger partial charge < -0.3 is 9.54 Å². The zero-order valence-electron chi connectivity index (χ0n) is 20.1. The van der Waals surface area contributed by atoms with Gasteiger partial charge in [-0.25, -0.2) is 26.5 Å². The number of hydrogen-bond acceptors (Lipinski definition) is 7. The number of H-pyrrole nitrogens is 1. The molecule has 0 spiro atoms. The number of pyridine rings is 1. The number of hydrogen-bond donors (Lipinski definition) is 2. The maximum absolute atomic E-state index is 11.6. The van der Waals surface area contributed by atoms with Crippen molar-refractivity contribution >= 4 is 42.0 Å². The van der Waals surface area contributed by atoms with E-state index in [2.05, 4.69) is 41.5 Å². The zero-order chi connectivity index (χ0) is 26.0. The SMILES string of the molecule is CC(C)(C)c1cc2c(-c3ccc(S(C)(=O)=O)cc3)ccnc2[nH]1.O=S([O-])NC1CCS(=O)(=O)CC1. The largest absolute Gasteiger partial charge is 0.760 e. The van der Waals surface area contributed by atoms with Crippen molar-refractivity contribution in [3.8, 4) is 11.1 Å². The Morgan fingerprint density at radius 1 is 1.11 bits per heavy atom. The third-order valence-corrected chi connectivity index (χ3v) is 9.12. The molecule has 0 radical (unpaired) electrons. The summed E-state index contributed by atoms with van der Waals surface area (Å²) in [5, 5.41) is 1.05. The van der Waals surface area contributed by atoms with Crippen molar-refractivity contribution in [3.63, 3.8) is 0 Å². The van der Waals surface area contributed by atoms with E-state index in [9.17, 15) is 25.6 Å². The number of nitrogens with zero attached hydrogens (tertiary/aromatic N) is 1. The molecule has 35 heavy (non-hydrogen) atoms. The Labute approximate surface area is 209 Å². The van der Waals surface area contributed by atoms with Crippen LogP contribution in [0.15, 0.2) is 47.5 Å². The molecule has 1 aromatic carbocycles. The molecule has 3 aromatic rings. The highest BCUT2D eigenvalue weighted by atomic mass is 32.2. The van der Waals surface area contributed by atoms with Gasteiger partial charge in [-0.1, -0.05) is 32.9 Å². The molecular weight excluding hydrogens is 510 g/mol. The zero-order valence-corrected chi connectivity index (χ0v) is 22.5. The number of sulfone groups is 2. The van der Waals surface area contributed by atoms with Gasteiger partial charge in [0.25, 0.3) is 0 Å². The Kier molecular flexibility index (Phi) is 8.22. The lowest BCUT2D eigenvalue weighted by atomic mass is 9.92. The van der Waals surface area contributed by atoms with Crippen molar-refractivity contribution in [2.24, 2.45) is 0 Å². The van der Waals surface area contributed by atoms with Crippen molar-refractivity contribution in [1.29, 1.82) is 0 Å².